The molecule has 2 fully saturated rings. The van der Waals surface area contributed by atoms with Crippen LogP contribution in [0.25, 0.3) is 0 Å². The predicted octanol–water partition coefficient (Wildman–Crippen LogP) is 2.54. The van der Waals surface area contributed by atoms with Gasteiger partial charge < -0.3 is 4.74 Å². The first kappa shape index (κ1) is 10.8. The van der Waals surface area contributed by atoms with Crippen molar-refractivity contribution in [2.45, 2.75) is 44.8 Å². The van der Waals surface area contributed by atoms with Crippen molar-refractivity contribution in [1.82, 2.24) is 4.31 Å². The Morgan fingerprint density at radius 2 is 1.93 bits per heavy atom. The number of rotatable bonds is 2. The summed E-state index contributed by atoms with van der Waals surface area (Å²) in [5.41, 5.74) is 0.279. The van der Waals surface area contributed by atoms with E-state index in [9.17, 15) is 0 Å². The van der Waals surface area contributed by atoms with Crippen LogP contribution in [-0.4, -0.2) is 35.4 Å². The molecule has 2 saturated heterocycles. The van der Waals surface area contributed by atoms with E-state index < -0.39 is 0 Å². The second kappa shape index (κ2) is 4.03. The number of piperidine rings is 1. The molecular formula is C11H21NOS. The largest absolute Gasteiger partial charge is 0.371 e. The molecule has 2 heterocycles. The maximum absolute atomic E-state index is 6.09. The lowest BCUT2D eigenvalue weighted by Crippen LogP contribution is -2.57. The van der Waals surface area contributed by atoms with Gasteiger partial charge in [-0.3, -0.25) is 4.31 Å². The van der Waals surface area contributed by atoms with Gasteiger partial charge in [0.25, 0.3) is 0 Å². The summed E-state index contributed by atoms with van der Waals surface area (Å²) < 4.78 is 8.53. The van der Waals surface area contributed by atoms with Crippen LogP contribution < -0.4 is 0 Å². The van der Waals surface area contributed by atoms with Gasteiger partial charge in [0.1, 0.15) is 0 Å². The molecule has 1 spiro atoms. The van der Waals surface area contributed by atoms with Crippen molar-refractivity contribution in [2.75, 3.05) is 19.3 Å². The van der Waals surface area contributed by atoms with Gasteiger partial charge >= 0.3 is 0 Å². The van der Waals surface area contributed by atoms with Crippen molar-refractivity contribution in [1.29, 1.82) is 0 Å². The molecule has 2 aliphatic heterocycles. The molecule has 0 N–H and O–H groups in total. The molecule has 3 heteroatoms. The highest BCUT2D eigenvalue weighted by molar-refractivity contribution is 7.96. The Bertz CT molecular complexity index is 191. The van der Waals surface area contributed by atoms with Gasteiger partial charge in [0.2, 0.25) is 0 Å². The maximum atomic E-state index is 6.09. The summed E-state index contributed by atoms with van der Waals surface area (Å²) in [6, 6.07) is 0. The lowest BCUT2D eigenvalue weighted by molar-refractivity contribution is -0.235. The molecule has 2 rings (SSSR count). The Balaban J connectivity index is 1.80. The Morgan fingerprint density at radius 3 is 2.36 bits per heavy atom. The molecule has 2 aliphatic rings. The van der Waals surface area contributed by atoms with E-state index >= 15 is 0 Å². The Morgan fingerprint density at radius 1 is 1.36 bits per heavy atom. The van der Waals surface area contributed by atoms with Crippen LogP contribution in [0.5, 0.6) is 0 Å². The van der Waals surface area contributed by atoms with E-state index in [0.717, 1.165) is 0 Å². The fourth-order valence-electron chi connectivity index (χ4n) is 2.45. The first-order valence-corrected chi connectivity index (χ1v) is 6.80. The molecule has 2 nitrogen and oxygen atoms in total. The molecular weight excluding hydrogens is 194 g/mol. The minimum Gasteiger partial charge on any atom is -0.371 e. The van der Waals surface area contributed by atoms with Crippen LogP contribution in [-0.2, 0) is 4.74 Å². The quantitative estimate of drug-likeness (QED) is 0.657. The van der Waals surface area contributed by atoms with Crippen molar-refractivity contribution < 1.29 is 4.74 Å². The minimum absolute atomic E-state index is 0.279. The van der Waals surface area contributed by atoms with E-state index in [1.807, 2.05) is 11.9 Å². The molecule has 0 aromatic heterocycles. The van der Waals surface area contributed by atoms with E-state index in [4.69, 9.17) is 4.74 Å². The van der Waals surface area contributed by atoms with Crippen LogP contribution in [0.4, 0.5) is 0 Å². The van der Waals surface area contributed by atoms with Gasteiger partial charge in [-0.25, -0.2) is 0 Å². The number of ether oxygens (including phenoxy) is 1. The average molecular weight is 215 g/mol. The molecule has 0 bridgehead atoms. The first-order valence-electron chi connectivity index (χ1n) is 5.62. The van der Waals surface area contributed by atoms with Crippen LogP contribution in [0.3, 0.4) is 0 Å². The third-order valence-electron chi connectivity index (χ3n) is 3.61. The van der Waals surface area contributed by atoms with Gasteiger partial charge in [-0.1, -0.05) is 25.8 Å². The third kappa shape index (κ3) is 1.95. The van der Waals surface area contributed by atoms with Crippen molar-refractivity contribution in [3.63, 3.8) is 0 Å². The van der Waals surface area contributed by atoms with E-state index in [-0.39, 0.29) is 5.60 Å². The van der Waals surface area contributed by atoms with Crippen LogP contribution in [0, 0.1) is 5.92 Å². The summed E-state index contributed by atoms with van der Waals surface area (Å²) in [6.07, 6.45) is 6.47. The minimum atomic E-state index is 0.279. The SMILES string of the molecule is CSN1CCC2(CC1)CC(C(C)C)O2. The first-order chi connectivity index (χ1) is 6.65. The summed E-state index contributed by atoms with van der Waals surface area (Å²) >= 11 is 1.87. The van der Waals surface area contributed by atoms with Crippen molar-refractivity contribution in [3.05, 3.63) is 0 Å². The summed E-state index contributed by atoms with van der Waals surface area (Å²) in [5, 5.41) is 0. The zero-order valence-electron chi connectivity index (χ0n) is 9.45. The second-order valence-corrected chi connectivity index (χ2v) is 5.78. The molecule has 0 radical (unpaired) electrons. The van der Waals surface area contributed by atoms with Gasteiger partial charge in [-0.2, -0.15) is 0 Å². The van der Waals surface area contributed by atoms with Crippen LogP contribution >= 0.6 is 11.9 Å². The highest BCUT2D eigenvalue weighted by atomic mass is 32.2. The highest BCUT2D eigenvalue weighted by Crippen LogP contribution is 2.44. The fraction of sp³-hybridized carbons (Fsp3) is 1.00. The number of hydrogen-bond acceptors (Lipinski definition) is 3. The van der Waals surface area contributed by atoms with E-state index in [2.05, 4.69) is 24.4 Å². The number of hydrogen-bond donors (Lipinski definition) is 0. The normalized spacial score (nSPS) is 32.1. The lowest BCUT2D eigenvalue weighted by Gasteiger charge is -2.53. The van der Waals surface area contributed by atoms with Crippen molar-refractivity contribution >= 4 is 11.9 Å². The van der Waals surface area contributed by atoms with Crippen molar-refractivity contribution in [2.24, 2.45) is 5.92 Å². The molecule has 0 aromatic carbocycles. The van der Waals surface area contributed by atoms with E-state index in [1.54, 1.807) is 0 Å². The fourth-order valence-corrected chi connectivity index (χ4v) is 3.00. The monoisotopic (exact) mass is 215 g/mol. The summed E-state index contributed by atoms with van der Waals surface area (Å²) in [5.74, 6) is 0.694. The summed E-state index contributed by atoms with van der Waals surface area (Å²) in [7, 11) is 0. The Kier molecular flexibility index (Phi) is 3.10. The zero-order valence-corrected chi connectivity index (χ0v) is 10.3. The van der Waals surface area contributed by atoms with Gasteiger partial charge in [-0.05, 0) is 25.0 Å². The molecule has 0 aromatic rings. The van der Waals surface area contributed by atoms with Gasteiger partial charge in [0.05, 0.1) is 11.7 Å². The summed E-state index contributed by atoms with van der Waals surface area (Å²) in [6.45, 7) is 6.92. The average Bonchev–Trinajstić information content (AvgIpc) is 2.14. The zero-order chi connectivity index (χ0) is 10.2. The van der Waals surface area contributed by atoms with Gasteiger partial charge in [0, 0.05) is 19.5 Å². The highest BCUT2D eigenvalue weighted by Gasteiger charge is 2.47. The van der Waals surface area contributed by atoms with Gasteiger partial charge in [0.15, 0.2) is 0 Å². The van der Waals surface area contributed by atoms with Crippen molar-refractivity contribution in [3.8, 4) is 0 Å². The van der Waals surface area contributed by atoms with Crippen LogP contribution in [0.15, 0.2) is 0 Å². The predicted molar refractivity (Wildman–Crippen MR) is 61.4 cm³/mol. The van der Waals surface area contributed by atoms with E-state index in [1.165, 1.54) is 32.4 Å². The number of nitrogens with zero attached hydrogens (tertiary/aromatic N) is 1. The standard InChI is InChI=1S/C11H21NOS/c1-9(2)10-8-11(13-10)4-6-12(14-3)7-5-11/h9-10H,4-8H2,1-3H3. The van der Waals surface area contributed by atoms with Crippen LogP contribution in [0.1, 0.15) is 33.1 Å². The van der Waals surface area contributed by atoms with Gasteiger partial charge in [-0.15, -0.1) is 0 Å². The van der Waals surface area contributed by atoms with Crippen LogP contribution in [0.2, 0.25) is 0 Å². The maximum Gasteiger partial charge on any atom is 0.0736 e. The topological polar surface area (TPSA) is 12.5 Å². The molecule has 1 unspecified atom stereocenters. The molecule has 0 saturated carbocycles. The lowest BCUT2D eigenvalue weighted by atomic mass is 9.78. The second-order valence-electron chi connectivity index (χ2n) is 4.90. The molecule has 0 amide bonds. The Labute approximate surface area is 91.5 Å². The Hall–Kier alpha value is 0.270. The molecule has 14 heavy (non-hydrogen) atoms. The molecule has 0 aliphatic carbocycles. The molecule has 82 valence electrons. The summed E-state index contributed by atoms with van der Waals surface area (Å²) in [4.78, 5) is 0. The third-order valence-corrected chi connectivity index (χ3v) is 4.49. The smallest absolute Gasteiger partial charge is 0.0736 e. The van der Waals surface area contributed by atoms with E-state index in [0.29, 0.717) is 12.0 Å². The molecule has 1 atom stereocenters.